The molecule has 4 aliphatic rings. The van der Waals surface area contributed by atoms with E-state index in [-0.39, 0.29) is 11.2 Å². The lowest BCUT2D eigenvalue weighted by molar-refractivity contribution is -0.0612. The molecule has 2 aliphatic carbocycles. The molecule has 172 valence electrons. The van der Waals surface area contributed by atoms with Crippen molar-refractivity contribution in [2.45, 2.75) is 38.1 Å². The largest absolute Gasteiger partial charge is 0.496 e. The van der Waals surface area contributed by atoms with Crippen LogP contribution in [0.3, 0.4) is 0 Å². The van der Waals surface area contributed by atoms with Gasteiger partial charge in [-0.15, -0.1) is 0 Å². The van der Waals surface area contributed by atoms with Gasteiger partial charge < -0.3 is 9.47 Å². The Bertz CT molecular complexity index is 1340. The number of ether oxygens (including phenoxy) is 2. The fourth-order valence-electron chi connectivity index (χ4n) is 5.98. The summed E-state index contributed by atoms with van der Waals surface area (Å²) in [7, 11) is 1.71. The van der Waals surface area contributed by atoms with E-state index < -0.39 is 0 Å². The Labute approximate surface area is 200 Å². The summed E-state index contributed by atoms with van der Waals surface area (Å²) in [5.41, 5.74) is 8.40. The van der Waals surface area contributed by atoms with E-state index in [9.17, 15) is 10.1 Å². The van der Waals surface area contributed by atoms with Gasteiger partial charge in [0.2, 0.25) is 0 Å². The maximum absolute atomic E-state index is 13.9. The summed E-state index contributed by atoms with van der Waals surface area (Å²) in [5, 5.41) is 9.34. The molecule has 6 rings (SSSR count). The number of carbonyl (C=O) groups is 1. The van der Waals surface area contributed by atoms with Crippen LogP contribution < -0.4 is 4.74 Å². The first kappa shape index (κ1) is 21.3. The molecule has 5 heteroatoms. The molecular formula is C29H28N2O3. The molecule has 0 spiro atoms. The molecule has 2 aromatic rings. The summed E-state index contributed by atoms with van der Waals surface area (Å²) in [6, 6.07) is 12.6. The van der Waals surface area contributed by atoms with Gasteiger partial charge in [-0.25, -0.2) is 0 Å². The molecule has 0 atom stereocenters. The summed E-state index contributed by atoms with van der Waals surface area (Å²) >= 11 is 0. The first-order chi connectivity index (χ1) is 16.4. The number of fused-ring (bicyclic) bond motifs is 3. The number of benzene rings is 2. The number of hydrogen-bond acceptors (Lipinski definition) is 5. The van der Waals surface area contributed by atoms with E-state index in [0.717, 1.165) is 77.4 Å². The van der Waals surface area contributed by atoms with Gasteiger partial charge in [0.1, 0.15) is 5.75 Å². The van der Waals surface area contributed by atoms with Gasteiger partial charge in [0, 0.05) is 35.2 Å². The highest BCUT2D eigenvalue weighted by atomic mass is 16.5. The van der Waals surface area contributed by atoms with Crippen molar-refractivity contribution in [2.75, 3.05) is 33.4 Å². The average molecular weight is 453 g/mol. The summed E-state index contributed by atoms with van der Waals surface area (Å²) in [5.74, 6) is 0.916. The molecule has 5 nitrogen and oxygen atoms in total. The predicted molar refractivity (Wildman–Crippen MR) is 131 cm³/mol. The van der Waals surface area contributed by atoms with Crippen molar-refractivity contribution in [3.63, 3.8) is 0 Å². The van der Waals surface area contributed by atoms with Crippen LogP contribution in [0.4, 0.5) is 0 Å². The Morgan fingerprint density at radius 3 is 2.62 bits per heavy atom. The number of carbonyl (C=O) groups excluding carboxylic acids is 1. The molecular weight excluding hydrogens is 424 g/mol. The van der Waals surface area contributed by atoms with E-state index in [0.29, 0.717) is 18.0 Å². The maximum Gasteiger partial charge on any atom is 0.193 e. The Morgan fingerprint density at radius 2 is 1.97 bits per heavy atom. The number of allylic oxidation sites excluding steroid dienone is 2. The van der Waals surface area contributed by atoms with Crippen LogP contribution in [0.1, 0.15) is 58.4 Å². The summed E-state index contributed by atoms with van der Waals surface area (Å²) in [6.45, 7) is 7.92. The molecule has 0 aromatic heterocycles. The van der Waals surface area contributed by atoms with Crippen LogP contribution in [0.2, 0.25) is 0 Å². The molecule has 2 heterocycles. The monoisotopic (exact) mass is 452 g/mol. The number of nitriles is 1. The molecule has 0 saturated carbocycles. The van der Waals surface area contributed by atoms with Gasteiger partial charge in [-0.1, -0.05) is 26.0 Å². The third-order valence-electron chi connectivity index (χ3n) is 8.14. The van der Waals surface area contributed by atoms with Gasteiger partial charge in [-0.2, -0.15) is 5.26 Å². The fourth-order valence-corrected chi connectivity index (χ4v) is 5.98. The standard InChI is InChI=1S/C29H28N2O3/c1-29(2)24-13-26(33-3)22(18-6-8-31(9-7-18)20-15-34-16-20)12-23(24)28(32)27-21-5-4-17(14-30)10-19(21)11-25(27)29/h4-6,10,12-13,20H,7-9,11,15-16H2,1-3H3. The minimum atomic E-state index is -0.307. The zero-order valence-corrected chi connectivity index (χ0v) is 19.9. The lowest BCUT2D eigenvalue weighted by atomic mass is 9.68. The quantitative estimate of drug-likeness (QED) is 0.684. The van der Waals surface area contributed by atoms with Gasteiger partial charge in [0.25, 0.3) is 0 Å². The van der Waals surface area contributed by atoms with Crippen molar-refractivity contribution >= 4 is 16.9 Å². The summed E-state index contributed by atoms with van der Waals surface area (Å²) < 4.78 is 11.2. The van der Waals surface area contributed by atoms with Crippen molar-refractivity contribution < 1.29 is 14.3 Å². The van der Waals surface area contributed by atoms with Gasteiger partial charge in [-0.05, 0) is 64.9 Å². The number of Topliss-reactive ketones (excluding diaryl/α,β-unsaturated/α-hetero) is 1. The Hall–Kier alpha value is -3.20. The van der Waals surface area contributed by atoms with Crippen LogP contribution in [0, 0.1) is 11.3 Å². The van der Waals surface area contributed by atoms with E-state index in [4.69, 9.17) is 9.47 Å². The van der Waals surface area contributed by atoms with Gasteiger partial charge in [0.15, 0.2) is 5.78 Å². The Kier molecular flexibility index (Phi) is 4.81. The fraction of sp³-hybridized carbons (Fsp3) is 0.379. The van der Waals surface area contributed by atoms with Crippen LogP contribution in [0.15, 0.2) is 42.0 Å². The van der Waals surface area contributed by atoms with E-state index in [1.165, 1.54) is 5.57 Å². The predicted octanol–water partition coefficient (Wildman–Crippen LogP) is 4.54. The van der Waals surface area contributed by atoms with E-state index in [1.807, 2.05) is 18.2 Å². The smallest absolute Gasteiger partial charge is 0.193 e. The molecule has 0 amide bonds. The minimum absolute atomic E-state index is 0.0846. The maximum atomic E-state index is 13.9. The molecule has 2 aromatic carbocycles. The highest BCUT2D eigenvalue weighted by Crippen LogP contribution is 2.51. The normalized spacial score (nSPS) is 21.2. The van der Waals surface area contributed by atoms with Crippen molar-refractivity contribution in [3.8, 4) is 11.8 Å². The molecule has 1 saturated heterocycles. The highest BCUT2D eigenvalue weighted by Gasteiger charge is 2.43. The summed E-state index contributed by atoms with van der Waals surface area (Å²) in [4.78, 5) is 16.4. The number of nitrogens with zero attached hydrogens (tertiary/aromatic N) is 2. The summed E-state index contributed by atoms with van der Waals surface area (Å²) in [6.07, 6.45) is 3.91. The van der Waals surface area contributed by atoms with Gasteiger partial charge in [-0.3, -0.25) is 9.69 Å². The van der Waals surface area contributed by atoms with Crippen molar-refractivity contribution in [3.05, 3.63) is 75.4 Å². The lowest BCUT2D eigenvalue weighted by Gasteiger charge is -2.39. The molecule has 2 aliphatic heterocycles. The SMILES string of the molecule is COc1cc2c(cc1C1=CCN(C3COC3)CC1)C(=O)C1=C(Cc3cc(C#N)ccc31)C2(C)C. The van der Waals surface area contributed by atoms with Crippen LogP contribution in [0.5, 0.6) is 5.75 Å². The third kappa shape index (κ3) is 3.02. The zero-order chi connectivity index (χ0) is 23.6. The Balaban J connectivity index is 1.43. The molecule has 0 N–H and O–H groups in total. The molecule has 0 bridgehead atoms. The zero-order valence-electron chi connectivity index (χ0n) is 19.9. The van der Waals surface area contributed by atoms with Gasteiger partial charge in [0.05, 0.1) is 38.0 Å². The van der Waals surface area contributed by atoms with E-state index in [1.54, 1.807) is 7.11 Å². The van der Waals surface area contributed by atoms with Crippen LogP contribution in [0.25, 0.3) is 11.1 Å². The first-order valence-corrected chi connectivity index (χ1v) is 12.0. The van der Waals surface area contributed by atoms with Crippen LogP contribution in [-0.2, 0) is 16.6 Å². The molecule has 1 fully saturated rings. The highest BCUT2D eigenvalue weighted by molar-refractivity contribution is 6.33. The van der Waals surface area contributed by atoms with Crippen molar-refractivity contribution in [1.29, 1.82) is 5.26 Å². The van der Waals surface area contributed by atoms with Crippen molar-refractivity contribution in [1.82, 2.24) is 4.90 Å². The second-order valence-corrected chi connectivity index (χ2v) is 10.2. The minimum Gasteiger partial charge on any atom is -0.496 e. The number of rotatable bonds is 3. The van der Waals surface area contributed by atoms with Crippen LogP contribution in [-0.4, -0.2) is 50.1 Å². The third-order valence-corrected chi connectivity index (χ3v) is 8.14. The average Bonchev–Trinajstić information content (AvgIpc) is 3.21. The van der Waals surface area contributed by atoms with E-state index >= 15 is 0 Å². The Morgan fingerprint density at radius 1 is 1.15 bits per heavy atom. The number of ketones is 1. The number of methoxy groups -OCH3 is 1. The molecule has 0 unspecified atom stereocenters. The van der Waals surface area contributed by atoms with E-state index in [2.05, 4.69) is 43.0 Å². The van der Waals surface area contributed by atoms with Crippen molar-refractivity contribution in [2.24, 2.45) is 0 Å². The second kappa shape index (κ2) is 7.66. The topological polar surface area (TPSA) is 62.6 Å². The molecule has 0 radical (unpaired) electrons. The second-order valence-electron chi connectivity index (χ2n) is 10.2. The number of hydrogen-bond donors (Lipinski definition) is 0. The molecule has 34 heavy (non-hydrogen) atoms. The first-order valence-electron chi connectivity index (χ1n) is 12.0. The van der Waals surface area contributed by atoms with Crippen LogP contribution >= 0.6 is 0 Å². The lowest BCUT2D eigenvalue weighted by Crippen LogP contribution is -2.50. The van der Waals surface area contributed by atoms with Gasteiger partial charge >= 0.3 is 0 Å².